The summed E-state index contributed by atoms with van der Waals surface area (Å²) in [4.78, 5) is 14.2. The fourth-order valence-corrected chi connectivity index (χ4v) is 5.57. The van der Waals surface area contributed by atoms with E-state index in [1.54, 1.807) is 0 Å². The fourth-order valence-electron chi connectivity index (χ4n) is 5.57. The third-order valence-electron chi connectivity index (χ3n) is 8.38. The molecule has 0 amide bonds. The number of esters is 1. The molecule has 0 atom stereocenters. The normalized spacial score (nSPS) is 12.5. The van der Waals surface area contributed by atoms with E-state index in [9.17, 15) is 4.79 Å². The summed E-state index contributed by atoms with van der Waals surface area (Å²) in [6, 6.07) is 29.6. The van der Waals surface area contributed by atoms with Crippen LogP contribution >= 0.6 is 0 Å². The predicted octanol–water partition coefficient (Wildman–Crippen LogP) is 12.0. The quantitative estimate of drug-likeness (QED) is 0.0312. The summed E-state index contributed by atoms with van der Waals surface area (Å²) in [6.45, 7) is 5.87. The summed E-state index contributed by atoms with van der Waals surface area (Å²) in [5, 5.41) is 0. The first kappa shape index (κ1) is 40.0. The van der Waals surface area contributed by atoms with Crippen LogP contribution in [0, 0.1) is 0 Å². The van der Waals surface area contributed by atoms with Gasteiger partial charge in [0.1, 0.15) is 19.1 Å². The van der Waals surface area contributed by atoms with Crippen molar-refractivity contribution in [2.24, 2.45) is 0 Å². The Morgan fingerprint density at radius 2 is 1.18 bits per heavy atom. The van der Waals surface area contributed by atoms with Gasteiger partial charge in [-0.1, -0.05) is 148 Å². The van der Waals surface area contributed by atoms with Crippen molar-refractivity contribution in [3.8, 4) is 5.75 Å². The lowest BCUT2D eigenvalue weighted by Gasteiger charge is -2.18. The maximum Gasteiger partial charge on any atom is 0.307 e. The molecule has 0 radical (unpaired) electrons. The maximum atomic E-state index is 12.2. The zero-order valence-corrected chi connectivity index (χ0v) is 30.8. The molecule has 0 fully saturated rings. The van der Waals surface area contributed by atoms with Crippen molar-refractivity contribution < 1.29 is 14.3 Å². The lowest BCUT2D eigenvalue weighted by molar-refractivity contribution is -0.148. The van der Waals surface area contributed by atoms with Crippen LogP contribution in [-0.2, 0) is 9.53 Å². The minimum atomic E-state index is -0.159. The molecule has 0 aliphatic rings. The average molecular weight is 674 g/mol. The van der Waals surface area contributed by atoms with Crippen LogP contribution in [-0.4, -0.2) is 37.8 Å². The number of hydrogen-bond donors (Lipinski definition) is 0. The lowest BCUT2D eigenvalue weighted by Crippen LogP contribution is -2.28. The molecule has 0 N–H and O–H groups in total. The van der Waals surface area contributed by atoms with E-state index >= 15 is 0 Å². The highest BCUT2D eigenvalue weighted by Crippen LogP contribution is 2.34. The topological polar surface area (TPSA) is 38.8 Å². The summed E-state index contributed by atoms with van der Waals surface area (Å²) >= 11 is 0. The van der Waals surface area contributed by atoms with E-state index in [0.29, 0.717) is 19.6 Å². The highest BCUT2D eigenvalue weighted by molar-refractivity contribution is 5.98. The molecule has 0 heterocycles. The van der Waals surface area contributed by atoms with Crippen LogP contribution < -0.4 is 4.74 Å². The van der Waals surface area contributed by atoms with Crippen LogP contribution in [0.3, 0.4) is 0 Å². The predicted molar refractivity (Wildman–Crippen MR) is 213 cm³/mol. The number of ether oxygens (including phenoxy) is 2. The van der Waals surface area contributed by atoms with E-state index in [0.717, 1.165) is 49.8 Å². The molecule has 50 heavy (non-hydrogen) atoms. The molecule has 3 rings (SSSR count). The van der Waals surface area contributed by atoms with Gasteiger partial charge in [0, 0.05) is 13.0 Å². The van der Waals surface area contributed by atoms with Crippen LogP contribution in [0.2, 0.25) is 0 Å². The molecule has 4 heteroatoms. The highest BCUT2D eigenvalue weighted by Gasteiger charge is 2.13. The van der Waals surface area contributed by atoms with Gasteiger partial charge in [0.05, 0.1) is 0 Å². The van der Waals surface area contributed by atoms with E-state index in [-0.39, 0.29) is 12.7 Å². The summed E-state index contributed by atoms with van der Waals surface area (Å²) in [7, 11) is 1.94. The first-order chi connectivity index (χ1) is 24.6. The van der Waals surface area contributed by atoms with E-state index in [4.69, 9.17) is 9.47 Å². The molecule has 0 aliphatic carbocycles. The number of allylic oxidation sites excluding steroid dienone is 9. The van der Waals surface area contributed by atoms with Gasteiger partial charge in [-0.3, -0.25) is 9.69 Å². The standard InChI is InChI=1S/C46H59NO3/c1-4-6-7-8-9-10-11-12-13-14-15-16-17-18-19-20-27-32-45(48)50-39-47(3)37-38-49-43-35-33-42(34-36-43)46(41-30-25-22-26-31-41)44(5-2)40-28-23-21-24-29-40/h9-10,12-13,15-16,18-19,21-26,28-31,33-36H,4-8,11,14,17,20,27,32,37-39H2,1-3H3/b10-9?,13-12?,16-15?,19-18?,46-44-. The lowest BCUT2D eigenvalue weighted by atomic mass is 9.88. The van der Waals surface area contributed by atoms with Crippen molar-refractivity contribution >= 4 is 17.1 Å². The molecular formula is C46H59NO3. The second kappa shape index (κ2) is 25.5. The van der Waals surface area contributed by atoms with Crippen molar-refractivity contribution in [3.05, 3.63) is 150 Å². The van der Waals surface area contributed by atoms with Gasteiger partial charge in [-0.15, -0.1) is 0 Å². The monoisotopic (exact) mass is 673 g/mol. The van der Waals surface area contributed by atoms with Gasteiger partial charge in [0.25, 0.3) is 0 Å². The maximum absolute atomic E-state index is 12.2. The minimum Gasteiger partial charge on any atom is -0.492 e. The van der Waals surface area contributed by atoms with Crippen molar-refractivity contribution in [2.75, 3.05) is 26.9 Å². The number of hydrogen-bond acceptors (Lipinski definition) is 4. The third-order valence-corrected chi connectivity index (χ3v) is 8.38. The van der Waals surface area contributed by atoms with Crippen molar-refractivity contribution in [3.63, 3.8) is 0 Å². The molecule has 0 unspecified atom stereocenters. The molecule has 266 valence electrons. The Hall–Kier alpha value is -4.41. The Labute approximate surface area is 302 Å². The largest absolute Gasteiger partial charge is 0.492 e. The van der Waals surface area contributed by atoms with Crippen molar-refractivity contribution in [1.29, 1.82) is 0 Å². The fraction of sp³-hybridized carbons (Fsp3) is 0.370. The second-order valence-electron chi connectivity index (χ2n) is 12.5. The average Bonchev–Trinajstić information content (AvgIpc) is 3.15. The molecule has 0 spiro atoms. The minimum absolute atomic E-state index is 0.159. The molecule has 0 bridgehead atoms. The van der Waals surface area contributed by atoms with Gasteiger partial charge in [-0.2, -0.15) is 0 Å². The van der Waals surface area contributed by atoms with Gasteiger partial charge >= 0.3 is 5.97 Å². The summed E-state index contributed by atoms with van der Waals surface area (Å²) in [5.74, 6) is 0.662. The summed E-state index contributed by atoms with van der Waals surface area (Å²) in [5.41, 5.74) is 6.16. The molecule has 0 saturated carbocycles. The Morgan fingerprint density at radius 3 is 1.76 bits per heavy atom. The van der Waals surface area contributed by atoms with E-state index < -0.39 is 0 Å². The zero-order valence-electron chi connectivity index (χ0n) is 30.8. The van der Waals surface area contributed by atoms with Gasteiger partial charge in [-0.25, -0.2) is 0 Å². The van der Waals surface area contributed by atoms with Gasteiger partial charge in [0.2, 0.25) is 0 Å². The number of carbonyl (C=O) groups is 1. The Morgan fingerprint density at radius 1 is 0.640 bits per heavy atom. The smallest absolute Gasteiger partial charge is 0.307 e. The Bertz CT molecular complexity index is 1480. The number of likely N-dealkylation sites (N-methyl/N-ethyl adjacent to an activating group) is 1. The van der Waals surface area contributed by atoms with Crippen LogP contribution in [0.4, 0.5) is 0 Å². The SMILES string of the molecule is CCCCCC=CCC=CCC=CCC=CCCCC(=O)OCN(C)CCOc1ccc(/C(=C(/CC)c2ccccc2)c2ccccc2)cc1. The van der Waals surface area contributed by atoms with E-state index in [2.05, 4.69) is 135 Å². The van der Waals surface area contributed by atoms with Crippen LogP contribution in [0.15, 0.2) is 134 Å². The van der Waals surface area contributed by atoms with E-state index in [1.807, 2.05) is 24.1 Å². The molecule has 0 aliphatic heterocycles. The first-order valence-corrected chi connectivity index (χ1v) is 18.6. The summed E-state index contributed by atoms with van der Waals surface area (Å²) < 4.78 is 11.5. The van der Waals surface area contributed by atoms with Crippen molar-refractivity contribution in [1.82, 2.24) is 4.90 Å². The molecule has 4 nitrogen and oxygen atoms in total. The molecular weight excluding hydrogens is 615 g/mol. The third kappa shape index (κ3) is 16.3. The molecule has 3 aromatic carbocycles. The molecule has 0 aromatic heterocycles. The molecule has 0 saturated heterocycles. The zero-order chi connectivity index (χ0) is 35.5. The van der Waals surface area contributed by atoms with Gasteiger partial charge in [-0.05, 0) is 98.4 Å². The Kier molecular flexibility index (Phi) is 20.4. The Balaban J connectivity index is 1.30. The van der Waals surface area contributed by atoms with Crippen LogP contribution in [0.25, 0.3) is 11.1 Å². The number of rotatable bonds is 24. The number of unbranched alkanes of at least 4 members (excludes halogenated alkanes) is 4. The first-order valence-electron chi connectivity index (χ1n) is 18.6. The van der Waals surface area contributed by atoms with Crippen LogP contribution in [0.5, 0.6) is 5.75 Å². The van der Waals surface area contributed by atoms with Crippen molar-refractivity contribution in [2.45, 2.75) is 84.5 Å². The van der Waals surface area contributed by atoms with Gasteiger partial charge in [0.15, 0.2) is 0 Å². The molecule has 3 aromatic rings. The van der Waals surface area contributed by atoms with E-state index in [1.165, 1.54) is 48.0 Å². The van der Waals surface area contributed by atoms with Gasteiger partial charge < -0.3 is 9.47 Å². The number of benzene rings is 3. The van der Waals surface area contributed by atoms with Crippen LogP contribution in [0.1, 0.15) is 101 Å². The highest BCUT2D eigenvalue weighted by atomic mass is 16.5. The summed E-state index contributed by atoms with van der Waals surface area (Å²) in [6.07, 6.45) is 28.8. The number of carbonyl (C=O) groups excluding carboxylic acids is 1. The second-order valence-corrected chi connectivity index (χ2v) is 12.5. The number of nitrogens with zero attached hydrogens (tertiary/aromatic N) is 1.